The summed E-state index contributed by atoms with van der Waals surface area (Å²) in [5, 5.41) is 11.1. The summed E-state index contributed by atoms with van der Waals surface area (Å²) in [6.45, 7) is 3.83. The second kappa shape index (κ2) is 6.89. The fourth-order valence-electron chi connectivity index (χ4n) is 3.25. The van der Waals surface area contributed by atoms with Gasteiger partial charge in [-0.2, -0.15) is 0 Å². The smallest absolute Gasteiger partial charge is 0.251 e. The zero-order chi connectivity index (χ0) is 16.2. The summed E-state index contributed by atoms with van der Waals surface area (Å²) in [5.41, 5.74) is 1.72. The van der Waals surface area contributed by atoms with Crippen LogP contribution in [0.25, 0.3) is 0 Å². The van der Waals surface area contributed by atoms with Gasteiger partial charge in [0, 0.05) is 37.3 Å². The largest absolute Gasteiger partial charge is 0.426 e. The van der Waals surface area contributed by atoms with E-state index in [4.69, 9.17) is 4.42 Å². The van der Waals surface area contributed by atoms with Crippen molar-refractivity contribution in [2.24, 2.45) is 5.92 Å². The predicted octanol–water partition coefficient (Wildman–Crippen LogP) is 2.48. The third-order valence-corrected chi connectivity index (χ3v) is 4.44. The molecule has 0 radical (unpaired) electrons. The van der Waals surface area contributed by atoms with Gasteiger partial charge in [0.15, 0.2) is 0 Å². The number of hydrogen-bond acceptors (Lipinski definition) is 5. The molecule has 2 atom stereocenters. The van der Waals surface area contributed by atoms with Gasteiger partial charge in [0.25, 0.3) is 5.91 Å². The number of pyridine rings is 1. The van der Waals surface area contributed by atoms with Crippen molar-refractivity contribution in [2.45, 2.75) is 52.0 Å². The molecule has 2 heterocycles. The Balaban J connectivity index is 1.56. The standard InChI is InChI=1S/C17H22N4O2/c1-3-13-10-18-7-6-15(13)17(22)19-14-5-4-12(8-14)9-16-21-20-11(2)23-16/h6-7,10,12,14H,3-5,8-9H2,1-2H3,(H,19,22)/t12-,14+/m1/s1. The number of carbonyl (C=O) groups is 1. The monoisotopic (exact) mass is 314 g/mol. The molecular weight excluding hydrogens is 292 g/mol. The van der Waals surface area contributed by atoms with Crippen LogP contribution in [-0.4, -0.2) is 27.1 Å². The van der Waals surface area contributed by atoms with Crippen molar-refractivity contribution in [2.75, 3.05) is 0 Å². The molecule has 1 aliphatic carbocycles. The highest BCUT2D eigenvalue weighted by molar-refractivity contribution is 5.95. The summed E-state index contributed by atoms with van der Waals surface area (Å²) in [6.07, 6.45) is 8.07. The quantitative estimate of drug-likeness (QED) is 0.917. The minimum atomic E-state index is 0.00327. The van der Waals surface area contributed by atoms with Crippen LogP contribution in [-0.2, 0) is 12.8 Å². The Morgan fingerprint density at radius 3 is 3.00 bits per heavy atom. The number of carbonyl (C=O) groups excluding carboxylic acids is 1. The minimum absolute atomic E-state index is 0.00327. The molecule has 6 heteroatoms. The molecule has 1 fully saturated rings. The Bertz CT molecular complexity index is 683. The Kier molecular flexibility index (Phi) is 4.69. The summed E-state index contributed by atoms with van der Waals surface area (Å²) < 4.78 is 5.44. The number of nitrogens with one attached hydrogen (secondary N) is 1. The van der Waals surface area contributed by atoms with Gasteiger partial charge in [-0.15, -0.1) is 10.2 Å². The number of aryl methyl sites for hydroxylation is 2. The topological polar surface area (TPSA) is 80.9 Å². The average molecular weight is 314 g/mol. The van der Waals surface area contributed by atoms with Gasteiger partial charge in [-0.25, -0.2) is 0 Å². The molecule has 2 aromatic rings. The fourth-order valence-corrected chi connectivity index (χ4v) is 3.25. The van der Waals surface area contributed by atoms with Crippen LogP contribution in [0, 0.1) is 12.8 Å². The van der Waals surface area contributed by atoms with Crippen molar-refractivity contribution < 1.29 is 9.21 Å². The maximum atomic E-state index is 12.5. The Morgan fingerprint density at radius 2 is 2.26 bits per heavy atom. The summed E-state index contributed by atoms with van der Waals surface area (Å²) in [7, 11) is 0. The molecule has 1 aliphatic rings. The van der Waals surface area contributed by atoms with Crippen molar-refractivity contribution in [3.63, 3.8) is 0 Å². The summed E-state index contributed by atoms with van der Waals surface area (Å²) in [5.74, 6) is 1.79. The number of nitrogens with zero attached hydrogens (tertiary/aromatic N) is 3. The SMILES string of the molecule is CCc1cnccc1C(=O)N[C@H]1CC[C@@H](Cc2nnc(C)o2)C1. The van der Waals surface area contributed by atoms with E-state index in [2.05, 4.69) is 20.5 Å². The van der Waals surface area contributed by atoms with Crippen molar-refractivity contribution in [1.82, 2.24) is 20.5 Å². The van der Waals surface area contributed by atoms with Gasteiger partial charge in [-0.3, -0.25) is 9.78 Å². The van der Waals surface area contributed by atoms with Crippen LogP contribution < -0.4 is 5.32 Å². The number of rotatable bonds is 5. The van der Waals surface area contributed by atoms with E-state index in [1.807, 2.05) is 6.92 Å². The van der Waals surface area contributed by atoms with E-state index in [0.29, 0.717) is 17.7 Å². The van der Waals surface area contributed by atoms with Gasteiger partial charge in [0.05, 0.1) is 0 Å². The Morgan fingerprint density at radius 1 is 1.39 bits per heavy atom. The molecule has 3 rings (SSSR count). The van der Waals surface area contributed by atoms with Gasteiger partial charge in [0.1, 0.15) is 0 Å². The van der Waals surface area contributed by atoms with Gasteiger partial charge in [0.2, 0.25) is 11.8 Å². The van der Waals surface area contributed by atoms with E-state index in [1.54, 1.807) is 25.4 Å². The van der Waals surface area contributed by atoms with E-state index in [9.17, 15) is 4.79 Å². The maximum absolute atomic E-state index is 12.5. The zero-order valence-electron chi connectivity index (χ0n) is 13.6. The molecule has 0 spiro atoms. The number of amides is 1. The second-order valence-electron chi connectivity index (χ2n) is 6.15. The molecule has 1 N–H and O–H groups in total. The first kappa shape index (κ1) is 15.6. The molecule has 23 heavy (non-hydrogen) atoms. The first-order valence-corrected chi connectivity index (χ1v) is 8.18. The lowest BCUT2D eigenvalue weighted by Crippen LogP contribution is -2.33. The highest BCUT2D eigenvalue weighted by Gasteiger charge is 2.28. The number of aromatic nitrogens is 3. The van der Waals surface area contributed by atoms with Crippen molar-refractivity contribution >= 4 is 5.91 Å². The first-order valence-electron chi connectivity index (χ1n) is 8.18. The van der Waals surface area contributed by atoms with Crippen LogP contribution in [0.4, 0.5) is 0 Å². The van der Waals surface area contributed by atoms with Gasteiger partial charge >= 0.3 is 0 Å². The first-order chi connectivity index (χ1) is 11.2. The minimum Gasteiger partial charge on any atom is -0.426 e. The van der Waals surface area contributed by atoms with Crippen LogP contribution >= 0.6 is 0 Å². The summed E-state index contributed by atoms with van der Waals surface area (Å²) in [6, 6.07) is 2.01. The van der Waals surface area contributed by atoms with Crippen LogP contribution in [0.5, 0.6) is 0 Å². The fraction of sp³-hybridized carbons (Fsp3) is 0.529. The highest BCUT2D eigenvalue weighted by atomic mass is 16.4. The summed E-state index contributed by atoms with van der Waals surface area (Å²) >= 11 is 0. The molecule has 1 amide bonds. The Hall–Kier alpha value is -2.24. The van der Waals surface area contributed by atoms with Crippen LogP contribution in [0.2, 0.25) is 0 Å². The lowest BCUT2D eigenvalue weighted by Gasteiger charge is -2.14. The van der Waals surface area contributed by atoms with Gasteiger partial charge in [-0.05, 0) is 43.2 Å². The second-order valence-corrected chi connectivity index (χ2v) is 6.15. The van der Waals surface area contributed by atoms with E-state index in [-0.39, 0.29) is 11.9 Å². The highest BCUT2D eigenvalue weighted by Crippen LogP contribution is 2.28. The van der Waals surface area contributed by atoms with E-state index in [1.165, 1.54) is 0 Å². The van der Waals surface area contributed by atoms with Crippen LogP contribution in [0.15, 0.2) is 22.9 Å². The summed E-state index contributed by atoms with van der Waals surface area (Å²) in [4.78, 5) is 16.6. The molecule has 0 unspecified atom stereocenters. The van der Waals surface area contributed by atoms with Crippen molar-refractivity contribution in [3.8, 4) is 0 Å². The molecular formula is C17H22N4O2. The van der Waals surface area contributed by atoms with E-state index < -0.39 is 0 Å². The lowest BCUT2D eigenvalue weighted by atomic mass is 10.0. The molecule has 0 bridgehead atoms. The molecule has 0 aliphatic heterocycles. The van der Waals surface area contributed by atoms with Crippen molar-refractivity contribution in [3.05, 3.63) is 41.4 Å². The van der Waals surface area contributed by atoms with Gasteiger partial charge < -0.3 is 9.73 Å². The van der Waals surface area contributed by atoms with Gasteiger partial charge in [-0.1, -0.05) is 6.92 Å². The molecule has 6 nitrogen and oxygen atoms in total. The maximum Gasteiger partial charge on any atom is 0.251 e. The van der Waals surface area contributed by atoms with Crippen LogP contribution in [0.3, 0.4) is 0 Å². The lowest BCUT2D eigenvalue weighted by molar-refractivity contribution is 0.0936. The van der Waals surface area contributed by atoms with Crippen LogP contribution in [0.1, 0.15) is 53.9 Å². The molecule has 0 saturated heterocycles. The molecule has 1 saturated carbocycles. The molecule has 0 aromatic carbocycles. The Labute approximate surface area is 135 Å². The third kappa shape index (κ3) is 3.75. The van der Waals surface area contributed by atoms with E-state index >= 15 is 0 Å². The zero-order valence-corrected chi connectivity index (χ0v) is 13.6. The predicted molar refractivity (Wildman–Crippen MR) is 84.9 cm³/mol. The molecule has 122 valence electrons. The molecule has 2 aromatic heterocycles. The van der Waals surface area contributed by atoms with Crippen molar-refractivity contribution in [1.29, 1.82) is 0 Å². The number of hydrogen-bond donors (Lipinski definition) is 1. The third-order valence-electron chi connectivity index (χ3n) is 4.44. The average Bonchev–Trinajstić information content (AvgIpc) is 3.16. The van der Waals surface area contributed by atoms with E-state index in [0.717, 1.165) is 43.2 Å². The normalized spacial score (nSPS) is 20.6.